The summed E-state index contributed by atoms with van der Waals surface area (Å²) in [7, 11) is 0. The molecule has 1 rings (SSSR count). The van der Waals surface area contributed by atoms with E-state index in [0.717, 1.165) is 6.42 Å². The van der Waals surface area contributed by atoms with Crippen molar-refractivity contribution in [3.05, 3.63) is 35.4 Å². The second kappa shape index (κ2) is 12.1. The molecule has 0 aliphatic carbocycles. The van der Waals surface area contributed by atoms with E-state index in [9.17, 15) is 4.79 Å². The van der Waals surface area contributed by atoms with Gasteiger partial charge in [-0.05, 0) is 37.5 Å². The molecular formula is C18H30BrN3O. The summed E-state index contributed by atoms with van der Waals surface area (Å²) in [5.74, 6) is -0.221. The summed E-state index contributed by atoms with van der Waals surface area (Å²) in [6.45, 7) is 3.93. The van der Waals surface area contributed by atoms with Gasteiger partial charge in [0.1, 0.15) is 5.84 Å². The first-order valence-electron chi connectivity index (χ1n) is 8.28. The Morgan fingerprint density at radius 1 is 1.13 bits per heavy atom. The van der Waals surface area contributed by atoms with Crippen LogP contribution >= 0.6 is 17.0 Å². The Balaban J connectivity index is 0.00000484. The molecule has 0 aromatic heterocycles. The molecule has 0 radical (unpaired) electrons. The highest BCUT2D eigenvalue weighted by molar-refractivity contribution is 8.93. The number of rotatable bonds is 10. The molecule has 4 N–H and O–H groups in total. The molecule has 0 bridgehead atoms. The topological polar surface area (TPSA) is 79.0 Å². The molecule has 5 heteroatoms. The quantitative estimate of drug-likeness (QED) is 0.321. The first kappa shape index (κ1) is 21.6. The molecule has 0 spiro atoms. The van der Waals surface area contributed by atoms with E-state index in [1.54, 1.807) is 6.92 Å². The van der Waals surface area contributed by atoms with Crippen molar-refractivity contribution in [3.8, 4) is 0 Å². The van der Waals surface area contributed by atoms with Gasteiger partial charge in [-0.2, -0.15) is 0 Å². The number of benzene rings is 1. The Labute approximate surface area is 150 Å². The van der Waals surface area contributed by atoms with Gasteiger partial charge in [-0.1, -0.05) is 51.2 Å². The van der Waals surface area contributed by atoms with Gasteiger partial charge in [0.15, 0.2) is 0 Å². The summed E-state index contributed by atoms with van der Waals surface area (Å²) in [5, 5.41) is 9.99. The van der Waals surface area contributed by atoms with Crippen LogP contribution in [0.2, 0.25) is 0 Å². The largest absolute Gasteiger partial charge is 0.386 e. The molecule has 1 aromatic rings. The van der Waals surface area contributed by atoms with Crippen LogP contribution in [0.3, 0.4) is 0 Å². The fraction of sp³-hybridized carbons (Fsp3) is 0.556. The van der Waals surface area contributed by atoms with E-state index in [1.807, 2.05) is 24.3 Å². The standard InChI is InChI=1S/C18H29N3O.BrH/c1-3-4-5-6-7-8-9-15-10-12-16(13-11-15)18(22)21-14(2)17(19)20;/h10-14H,3-9H2,1-2H3,(H3,19,20)(H,21,22);1H. The summed E-state index contributed by atoms with van der Waals surface area (Å²) in [4.78, 5) is 12.0. The fourth-order valence-electron chi connectivity index (χ4n) is 2.29. The van der Waals surface area contributed by atoms with E-state index in [4.69, 9.17) is 11.1 Å². The summed E-state index contributed by atoms with van der Waals surface area (Å²) in [6.07, 6.45) is 8.82. The molecule has 23 heavy (non-hydrogen) atoms. The highest BCUT2D eigenvalue weighted by Crippen LogP contribution is 2.11. The Hall–Kier alpha value is -1.36. The van der Waals surface area contributed by atoms with Crippen LogP contribution < -0.4 is 11.1 Å². The molecule has 0 saturated carbocycles. The third kappa shape index (κ3) is 8.74. The van der Waals surface area contributed by atoms with Crippen molar-refractivity contribution < 1.29 is 4.79 Å². The van der Waals surface area contributed by atoms with Crippen molar-refractivity contribution in [3.63, 3.8) is 0 Å². The van der Waals surface area contributed by atoms with Crippen LogP contribution in [0.25, 0.3) is 0 Å². The zero-order valence-corrected chi connectivity index (χ0v) is 15.9. The lowest BCUT2D eigenvalue weighted by molar-refractivity contribution is 0.0949. The first-order chi connectivity index (χ1) is 10.5. The smallest absolute Gasteiger partial charge is 0.251 e. The number of nitrogens with one attached hydrogen (secondary N) is 2. The van der Waals surface area contributed by atoms with Gasteiger partial charge in [0.2, 0.25) is 0 Å². The minimum Gasteiger partial charge on any atom is -0.386 e. The van der Waals surface area contributed by atoms with Gasteiger partial charge < -0.3 is 11.1 Å². The second-order valence-corrected chi connectivity index (χ2v) is 5.87. The molecule has 1 aromatic carbocycles. The minimum absolute atomic E-state index is 0. The lowest BCUT2D eigenvalue weighted by Gasteiger charge is -2.12. The zero-order valence-electron chi connectivity index (χ0n) is 14.2. The summed E-state index contributed by atoms with van der Waals surface area (Å²) >= 11 is 0. The number of amidine groups is 1. The number of carbonyl (C=O) groups is 1. The maximum atomic E-state index is 12.0. The number of hydrogen-bond acceptors (Lipinski definition) is 2. The van der Waals surface area contributed by atoms with Crippen LogP contribution in [-0.2, 0) is 6.42 Å². The summed E-state index contributed by atoms with van der Waals surface area (Å²) in [5.41, 5.74) is 7.23. The second-order valence-electron chi connectivity index (χ2n) is 5.87. The van der Waals surface area contributed by atoms with Gasteiger partial charge in [-0.25, -0.2) is 0 Å². The van der Waals surface area contributed by atoms with Crippen LogP contribution in [-0.4, -0.2) is 17.8 Å². The van der Waals surface area contributed by atoms with Crippen LogP contribution in [0.1, 0.15) is 68.3 Å². The molecule has 1 atom stereocenters. The van der Waals surface area contributed by atoms with Gasteiger partial charge in [0.25, 0.3) is 5.91 Å². The minimum atomic E-state index is -0.435. The average molecular weight is 384 g/mol. The molecule has 0 aliphatic rings. The van der Waals surface area contributed by atoms with E-state index in [2.05, 4.69) is 12.2 Å². The predicted molar refractivity (Wildman–Crippen MR) is 103 cm³/mol. The van der Waals surface area contributed by atoms with Crippen molar-refractivity contribution >= 4 is 28.7 Å². The molecule has 0 aliphatic heterocycles. The van der Waals surface area contributed by atoms with Crippen LogP contribution in [0.4, 0.5) is 0 Å². The summed E-state index contributed by atoms with van der Waals surface area (Å²) < 4.78 is 0. The Kier molecular flexibility index (Phi) is 11.4. The lowest BCUT2D eigenvalue weighted by Crippen LogP contribution is -2.41. The van der Waals surface area contributed by atoms with Crippen molar-refractivity contribution in [1.29, 1.82) is 5.41 Å². The van der Waals surface area contributed by atoms with E-state index >= 15 is 0 Å². The molecule has 4 nitrogen and oxygen atoms in total. The first-order valence-corrected chi connectivity index (χ1v) is 8.28. The lowest BCUT2D eigenvalue weighted by atomic mass is 10.0. The third-order valence-corrected chi connectivity index (χ3v) is 3.85. The predicted octanol–water partition coefficient (Wildman–Crippen LogP) is 4.22. The van der Waals surface area contributed by atoms with Gasteiger partial charge >= 0.3 is 0 Å². The SMILES string of the molecule is Br.CCCCCCCCc1ccc(C(=O)NC(C)C(=N)N)cc1. The number of aryl methyl sites for hydroxylation is 1. The monoisotopic (exact) mass is 383 g/mol. The molecule has 130 valence electrons. The number of hydrogen-bond donors (Lipinski definition) is 3. The summed E-state index contributed by atoms with van der Waals surface area (Å²) in [6, 6.07) is 7.28. The maximum absolute atomic E-state index is 12.0. The van der Waals surface area contributed by atoms with Gasteiger partial charge in [-0.3, -0.25) is 10.2 Å². The van der Waals surface area contributed by atoms with Crippen molar-refractivity contribution in [2.75, 3.05) is 0 Å². The third-order valence-electron chi connectivity index (χ3n) is 3.85. The van der Waals surface area contributed by atoms with E-state index in [1.165, 1.54) is 44.1 Å². The van der Waals surface area contributed by atoms with E-state index in [-0.39, 0.29) is 28.7 Å². The fourth-order valence-corrected chi connectivity index (χ4v) is 2.29. The van der Waals surface area contributed by atoms with Gasteiger partial charge in [0.05, 0.1) is 6.04 Å². The molecule has 1 amide bonds. The number of carbonyl (C=O) groups excluding carboxylic acids is 1. The number of halogens is 1. The van der Waals surface area contributed by atoms with Gasteiger partial charge in [-0.15, -0.1) is 17.0 Å². The highest BCUT2D eigenvalue weighted by atomic mass is 79.9. The van der Waals surface area contributed by atoms with Crippen molar-refractivity contribution in [2.24, 2.45) is 5.73 Å². The van der Waals surface area contributed by atoms with Crippen LogP contribution in [0, 0.1) is 5.41 Å². The zero-order chi connectivity index (χ0) is 16.4. The van der Waals surface area contributed by atoms with Crippen LogP contribution in [0.15, 0.2) is 24.3 Å². The number of unbranched alkanes of at least 4 members (excludes halogenated alkanes) is 5. The Bertz CT molecular complexity index is 474. The molecule has 1 unspecified atom stereocenters. The molecule has 0 heterocycles. The maximum Gasteiger partial charge on any atom is 0.251 e. The Morgan fingerprint density at radius 3 is 2.26 bits per heavy atom. The van der Waals surface area contributed by atoms with Crippen LogP contribution in [0.5, 0.6) is 0 Å². The normalized spacial score (nSPS) is 11.4. The van der Waals surface area contributed by atoms with Crippen molar-refractivity contribution in [1.82, 2.24) is 5.32 Å². The van der Waals surface area contributed by atoms with Crippen molar-refractivity contribution in [2.45, 2.75) is 64.8 Å². The molecule has 0 saturated heterocycles. The Morgan fingerprint density at radius 2 is 1.70 bits per heavy atom. The van der Waals surface area contributed by atoms with Gasteiger partial charge in [0, 0.05) is 5.56 Å². The number of amides is 1. The van der Waals surface area contributed by atoms with E-state index in [0.29, 0.717) is 5.56 Å². The molecule has 0 fully saturated rings. The van der Waals surface area contributed by atoms with E-state index < -0.39 is 6.04 Å². The number of nitrogens with two attached hydrogens (primary N) is 1. The highest BCUT2D eigenvalue weighted by Gasteiger charge is 2.11. The average Bonchev–Trinajstić information content (AvgIpc) is 2.51. The molecular weight excluding hydrogens is 354 g/mol.